The molecule has 1 fully saturated rings. The van der Waals surface area contributed by atoms with Crippen molar-refractivity contribution in [1.82, 2.24) is 10.2 Å². The Morgan fingerprint density at radius 3 is 3.00 bits per heavy atom. The molecule has 0 spiro atoms. The van der Waals surface area contributed by atoms with Gasteiger partial charge in [0.15, 0.2) is 0 Å². The predicted octanol–water partition coefficient (Wildman–Crippen LogP) is 3.05. The van der Waals surface area contributed by atoms with Gasteiger partial charge in [-0.25, -0.2) is 4.39 Å². The summed E-state index contributed by atoms with van der Waals surface area (Å²) < 4.78 is 13.9. The van der Waals surface area contributed by atoms with E-state index in [0.29, 0.717) is 24.2 Å². The fraction of sp³-hybridized carbons (Fsp3) is 0.571. The lowest BCUT2D eigenvalue weighted by atomic mass is 10.1. The number of nitrogens with one attached hydrogen (secondary N) is 1. The van der Waals surface area contributed by atoms with Crippen molar-refractivity contribution in [2.24, 2.45) is 0 Å². The fourth-order valence-electron chi connectivity index (χ4n) is 2.38. The normalized spacial score (nSPS) is 25.3. The van der Waals surface area contributed by atoms with Crippen LogP contribution in [0.2, 0.25) is 5.02 Å². The average molecular weight is 271 g/mol. The van der Waals surface area contributed by atoms with Crippen molar-refractivity contribution in [3.8, 4) is 0 Å². The minimum Gasteiger partial charge on any atom is -0.311 e. The first-order chi connectivity index (χ1) is 8.61. The van der Waals surface area contributed by atoms with E-state index >= 15 is 0 Å². The molecule has 1 heterocycles. The molecule has 0 bridgehead atoms. The Morgan fingerprint density at radius 1 is 1.50 bits per heavy atom. The van der Waals surface area contributed by atoms with Gasteiger partial charge in [-0.1, -0.05) is 30.7 Å². The first kappa shape index (κ1) is 13.8. The minimum atomic E-state index is -0.280. The molecule has 1 aliphatic rings. The number of nitrogens with zero attached hydrogens (tertiary/aromatic N) is 1. The van der Waals surface area contributed by atoms with Gasteiger partial charge >= 0.3 is 0 Å². The molecule has 0 saturated carbocycles. The molecule has 0 aromatic heterocycles. The van der Waals surface area contributed by atoms with E-state index in [0.717, 1.165) is 19.5 Å². The number of benzene rings is 1. The molecule has 1 aliphatic heterocycles. The molecule has 2 nitrogen and oxygen atoms in total. The summed E-state index contributed by atoms with van der Waals surface area (Å²) in [6, 6.07) is 6.15. The Kier molecular flexibility index (Phi) is 4.60. The first-order valence-corrected chi connectivity index (χ1v) is 6.90. The van der Waals surface area contributed by atoms with Crippen molar-refractivity contribution in [2.75, 3.05) is 13.1 Å². The van der Waals surface area contributed by atoms with Gasteiger partial charge in [0.1, 0.15) is 5.82 Å². The maximum absolute atomic E-state index is 13.9. The van der Waals surface area contributed by atoms with Crippen LogP contribution in [-0.2, 0) is 6.54 Å². The summed E-state index contributed by atoms with van der Waals surface area (Å²) in [6.07, 6.45) is 1.10. The van der Waals surface area contributed by atoms with E-state index < -0.39 is 0 Å². The minimum absolute atomic E-state index is 0.210. The Hall–Kier alpha value is -0.640. The lowest BCUT2D eigenvalue weighted by Gasteiger charge is -2.38. The monoisotopic (exact) mass is 270 g/mol. The number of rotatable bonds is 3. The van der Waals surface area contributed by atoms with E-state index in [4.69, 9.17) is 11.6 Å². The number of piperazine rings is 1. The molecule has 4 heteroatoms. The van der Waals surface area contributed by atoms with Crippen LogP contribution in [0.5, 0.6) is 0 Å². The molecule has 2 rings (SSSR count). The maximum atomic E-state index is 13.9. The first-order valence-electron chi connectivity index (χ1n) is 6.52. The highest BCUT2D eigenvalue weighted by Gasteiger charge is 2.24. The highest BCUT2D eigenvalue weighted by atomic mass is 35.5. The van der Waals surface area contributed by atoms with Crippen molar-refractivity contribution in [3.63, 3.8) is 0 Å². The van der Waals surface area contributed by atoms with Crippen LogP contribution in [-0.4, -0.2) is 30.1 Å². The molecule has 0 aliphatic carbocycles. The number of hydrogen-bond donors (Lipinski definition) is 1. The summed E-state index contributed by atoms with van der Waals surface area (Å²) in [5.74, 6) is -0.280. The Balaban J connectivity index is 2.09. The molecule has 2 unspecified atom stereocenters. The van der Waals surface area contributed by atoms with Crippen LogP contribution in [0.1, 0.15) is 25.8 Å². The van der Waals surface area contributed by atoms with Gasteiger partial charge in [-0.05, 0) is 19.4 Å². The lowest BCUT2D eigenvalue weighted by molar-refractivity contribution is 0.130. The molecular weight excluding hydrogens is 251 g/mol. The Morgan fingerprint density at radius 2 is 2.28 bits per heavy atom. The summed E-state index contributed by atoms with van der Waals surface area (Å²) in [7, 11) is 0. The Labute approximate surface area is 113 Å². The molecule has 1 saturated heterocycles. The third-order valence-corrected chi connectivity index (χ3v) is 3.97. The predicted molar refractivity (Wildman–Crippen MR) is 73.4 cm³/mol. The highest BCUT2D eigenvalue weighted by Crippen LogP contribution is 2.21. The van der Waals surface area contributed by atoms with Crippen LogP contribution >= 0.6 is 11.6 Å². The van der Waals surface area contributed by atoms with Crippen LogP contribution in [0.4, 0.5) is 4.39 Å². The summed E-state index contributed by atoms with van der Waals surface area (Å²) >= 11 is 5.82. The van der Waals surface area contributed by atoms with Crippen molar-refractivity contribution in [1.29, 1.82) is 0 Å². The fourth-order valence-corrected chi connectivity index (χ4v) is 2.57. The second-order valence-corrected chi connectivity index (χ2v) is 5.41. The highest BCUT2D eigenvalue weighted by molar-refractivity contribution is 6.30. The molecule has 1 N–H and O–H groups in total. The molecule has 0 amide bonds. The van der Waals surface area contributed by atoms with Crippen molar-refractivity contribution < 1.29 is 4.39 Å². The van der Waals surface area contributed by atoms with Crippen LogP contribution in [0.3, 0.4) is 0 Å². The second-order valence-electron chi connectivity index (χ2n) is 5.00. The molecule has 1 aromatic carbocycles. The van der Waals surface area contributed by atoms with E-state index in [1.165, 1.54) is 0 Å². The molecule has 1 aromatic rings. The molecule has 100 valence electrons. The van der Waals surface area contributed by atoms with Crippen molar-refractivity contribution in [3.05, 3.63) is 34.6 Å². The van der Waals surface area contributed by atoms with Gasteiger partial charge in [-0.15, -0.1) is 0 Å². The largest absolute Gasteiger partial charge is 0.311 e. The lowest BCUT2D eigenvalue weighted by Crippen LogP contribution is -2.54. The summed E-state index contributed by atoms with van der Waals surface area (Å²) in [4.78, 5) is 2.32. The van der Waals surface area contributed by atoms with Crippen LogP contribution in [0.25, 0.3) is 0 Å². The molecule has 2 atom stereocenters. The van der Waals surface area contributed by atoms with Crippen LogP contribution in [0, 0.1) is 5.82 Å². The van der Waals surface area contributed by atoms with Gasteiger partial charge in [0.05, 0.1) is 5.02 Å². The van der Waals surface area contributed by atoms with Gasteiger partial charge in [-0.3, -0.25) is 4.90 Å². The summed E-state index contributed by atoms with van der Waals surface area (Å²) in [6.45, 7) is 6.89. The van der Waals surface area contributed by atoms with E-state index in [-0.39, 0.29) is 10.8 Å². The summed E-state index contributed by atoms with van der Waals surface area (Å²) in [5, 5.41) is 3.71. The quantitative estimate of drug-likeness (QED) is 0.908. The third-order valence-electron chi connectivity index (χ3n) is 3.68. The zero-order valence-corrected chi connectivity index (χ0v) is 11.7. The van der Waals surface area contributed by atoms with Gasteiger partial charge in [0, 0.05) is 37.3 Å². The Bertz CT molecular complexity index is 411. The average Bonchev–Trinajstić information content (AvgIpc) is 2.37. The molecule has 18 heavy (non-hydrogen) atoms. The maximum Gasteiger partial charge on any atom is 0.146 e. The van der Waals surface area contributed by atoms with Crippen LogP contribution in [0.15, 0.2) is 18.2 Å². The van der Waals surface area contributed by atoms with Crippen molar-refractivity contribution >= 4 is 11.6 Å². The second kappa shape index (κ2) is 6.00. The van der Waals surface area contributed by atoms with Gasteiger partial charge in [0.25, 0.3) is 0 Å². The van der Waals surface area contributed by atoms with E-state index in [1.54, 1.807) is 6.07 Å². The topological polar surface area (TPSA) is 15.3 Å². The van der Waals surface area contributed by atoms with Gasteiger partial charge in [0.2, 0.25) is 0 Å². The number of halogens is 2. The third kappa shape index (κ3) is 3.02. The van der Waals surface area contributed by atoms with Crippen LogP contribution < -0.4 is 5.32 Å². The molecular formula is C14H20ClFN2. The smallest absolute Gasteiger partial charge is 0.146 e. The standard InChI is InChI=1S/C14H20ClFN2/c1-3-12-9-18(10(2)7-17-12)8-11-5-4-6-13(15)14(11)16/h4-6,10,12,17H,3,7-9H2,1-2H3. The van der Waals surface area contributed by atoms with E-state index in [1.807, 2.05) is 12.1 Å². The summed E-state index contributed by atoms with van der Waals surface area (Å²) in [5.41, 5.74) is 0.686. The van der Waals surface area contributed by atoms with E-state index in [2.05, 4.69) is 24.1 Å². The SMILES string of the molecule is CCC1CN(Cc2cccc(Cl)c2F)C(C)CN1. The zero-order chi connectivity index (χ0) is 13.1. The molecule has 0 radical (unpaired) electrons. The van der Waals surface area contributed by atoms with Crippen molar-refractivity contribution in [2.45, 2.75) is 38.9 Å². The van der Waals surface area contributed by atoms with E-state index in [9.17, 15) is 4.39 Å². The number of hydrogen-bond acceptors (Lipinski definition) is 2. The van der Waals surface area contributed by atoms with Gasteiger partial charge < -0.3 is 5.32 Å². The zero-order valence-electron chi connectivity index (χ0n) is 10.9. The van der Waals surface area contributed by atoms with Gasteiger partial charge in [-0.2, -0.15) is 0 Å².